The Morgan fingerprint density at radius 3 is 2.80 bits per heavy atom. The van der Waals surface area contributed by atoms with Crippen molar-refractivity contribution in [3.63, 3.8) is 0 Å². The molecule has 2 nitrogen and oxygen atoms in total. The molecule has 20 heavy (non-hydrogen) atoms. The molecule has 0 spiro atoms. The first-order chi connectivity index (χ1) is 9.78. The number of halogens is 1. The van der Waals surface area contributed by atoms with Crippen molar-refractivity contribution < 1.29 is 4.74 Å². The minimum Gasteiger partial charge on any atom is -0.495 e. The van der Waals surface area contributed by atoms with Crippen LogP contribution in [0.2, 0.25) is 5.02 Å². The van der Waals surface area contributed by atoms with Gasteiger partial charge in [0.15, 0.2) is 0 Å². The van der Waals surface area contributed by atoms with Gasteiger partial charge in [-0.3, -0.25) is 0 Å². The van der Waals surface area contributed by atoms with Gasteiger partial charge in [0.2, 0.25) is 0 Å². The molecule has 104 valence electrons. The van der Waals surface area contributed by atoms with E-state index in [1.54, 1.807) is 7.11 Å². The zero-order valence-electron chi connectivity index (χ0n) is 11.5. The lowest BCUT2D eigenvalue weighted by atomic mass is 9.90. The molecule has 0 saturated heterocycles. The fourth-order valence-corrected chi connectivity index (χ4v) is 3.09. The molecule has 1 heterocycles. The maximum Gasteiger partial charge on any atom is 0.137 e. The van der Waals surface area contributed by atoms with E-state index in [9.17, 15) is 0 Å². The Morgan fingerprint density at radius 1 is 1.25 bits per heavy atom. The average Bonchev–Trinajstić information content (AvgIpc) is 2.48. The fraction of sp³-hybridized carbons (Fsp3) is 0.294. The Morgan fingerprint density at radius 2 is 2.05 bits per heavy atom. The molecule has 3 rings (SSSR count). The number of rotatable bonds is 3. The maximum atomic E-state index is 6.22. The summed E-state index contributed by atoms with van der Waals surface area (Å²) in [6.07, 6.45) is 2.00. The minimum atomic E-state index is 0.326. The second kappa shape index (κ2) is 5.86. The molecule has 1 aliphatic rings. The Kier molecular flexibility index (Phi) is 3.95. The molecule has 0 aromatic heterocycles. The van der Waals surface area contributed by atoms with E-state index in [1.165, 1.54) is 16.7 Å². The lowest BCUT2D eigenvalue weighted by Crippen LogP contribution is -2.31. The lowest BCUT2D eigenvalue weighted by molar-refractivity contribution is 0.411. The van der Waals surface area contributed by atoms with Crippen molar-refractivity contribution >= 4 is 11.6 Å². The van der Waals surface area contributed by atoms with Gasteiger partial charge in [-0.2, -0.15) is 0 Å². The summed E-state index contributed by atoms with van der Waals surface area (Å²) in [5.41, 5.74) is 3.98. The quantitative estimate of drug-likeness (QED) is 0.928. The highest BCUT2D eigenvalue weighted by molar-refractivity contribution is 6.32. The molecule has 1 aliphatic heterocycles. The maximum absolute atomic E-state index is 6.22. The molecule has 0 amide bonds. The van der Waals surface area contributed by atoms with E-state index in [2.05, 4.69) is 47.8 Å². The molecule has 0 bridgehead atoms. The number of fused-ring (bicyclic) bond motifs is 1. The Hall–Kier alpha value is -1.51. The van der Waals surface area contributed by atoms with Crippen LogP contribution in [0.4, 0.5) is 0 Å². The molecule has 3 heteroatoms. The van der Waals surface area contributed by atoms with Crippen LogP contribution in [0, 0.1) is 0 Å². The average molecular weight is 288 g/mol. The molecule has 2 aromatic carbocycles. The smallest absolute Gasteiger partial charge is 0.137 e. The van der Waals surface area contributed by atoms with Crippen molar-refractivity contribution in [3.8, 4) is 5.75 Å². The molecule has 2 aromatic rings. The summed E-state index contributed by atoms with van der Waals surface area (Å²) in [7, 11) is 1.66. The van der Waals surface area contributed by atoms with Gasteiger partial charge in [-0.15, -0.1) is 0 Å². The molecule has 0 aliphatic carbocycles. The predicted molar refractivity (Wildman–Crippen MR) is 82.6 cm³/mol. The van der Waals surface area contributed by atoms with Gasteiger partial charge in [-0.25, -0.2) is 0 Å². The summed E-state index contributed by atoms with van der Waals surface area (Å²) in [6.45, 7) is 0.993. The number of hydrogen-bond donors (Lipinski definition) is 1. The molecular weight excluding hydrogens is 270 g/mol. The molecular formula is C17H18ClNO. The Balaban J connectivity index is 1.93. The second-order valence-corrected chi connectivity index (χ2v) is 5.54. The normalized spacial score (nSPS) is 17.6. The monoisotopic (exact) mass is 287 g/mol. The van der Waals surface area contributed by atoms with Crippen molar-refractivity contribution in [2.45, 2.75) is 18.9 Å². The van der Waals surface area contributed by atoms with E-state index in [1.807, 2.05) is 0 Å². The van der Waals surface area contributed by atoms with Crippen molar-refractivity contribution in [2.24, 2.45) is 0 Å². The van der Waals surface area contributed by atoms with Crippen molar-refractivity contribution in [1.29, 1.82) is 0 Å². The molecule has 0 saturated carbocycles. The molecule has 1 N–H and O–H groups in total. The summed E-state index contributed by atoms with van der Waals surface area (Å²) in [6, 6.07) is 15.0. The standard InChI is InChI=1S/C17H18ClNO/c1-20-17-11-14-13(10-15(17)18)7-8-19-16(14)9-12-5-3-2-4-6-12/h2-6,10-11,16,19H,7-9H2,1H3/t16-/m0/s1. The number of ether oxygens (including phenoxy) is 1. The number of methoxy groups -OCH3 is 1. The van der Waals surface area contributed by atoms with Crippen LogP contribution in [0.15, 0.2) is 42.5 Å². The van der Waals surface area contributed by atoms with E-state index >= 15 is 0 Å². The first-order valence-corrected chi connectivity index (χ1v) is 7.29. The van der Waals surface area contributed by atoms with Gasteiger partial charge >= 0.3 is 0 Å². The van der Waals surface area contributed by atoms with E-state index < -0.39 is 0 Å². The molecule has 1 atom stereocenters. The first kappa shape index (κ1) is 13.5. The zero-order valence-corrected chi connectivity index (χ0v) is 12.3. The van der Waals surface area contributed by atoms with Gasteiger partial charge in [-0.05, 0) is 48.2 Å². The Bertz CT molecular complexity index is 597. The van der Waals surface area contributed by atoms with E-state index in [0.717, 1.165) is 25.1 Å². The van der Waals surface area contributed by atoms with Crippen LogP contribution >= 0.6 is 11.6 Å². The topological polar surface area (TPSA) is 21.3 Å². The highest BCUT2D eigenvalue weighted by Crippen LogP contribution is 2.34. The van der Waals surface area contributed by atoms with Gasteiger partial charge < -0.3 is 10.1 Å². The van der Waals surface area contributed by atoms with Crippen LogP contribution in [-0.4, -0.2) is 13.7 Å². The zero-order chi connectivity index (χ0) is 13.9. The van der Waals surface area contributed by atoms with Crippen LogP contribution in [0.5, 0.6) is 5.75 Å². The van der Waals surface area contributed by atoms with E-state index in [4.69, 9.17) is 16.3 Å². The van der Waals surface area contributed by atoms with Crippen molar-refractivity contribution in [1.82, 2.24) is 5.32 Å². The van der Waals surface area contributed by atoms with Crippen LogP contribution in [0.3, 0.4) is 0 Å². The van der Waals surface area contributed by atoms with E-state index in [-0.39, 0.29) is 0 Å². The number of nitrogens with one attached hydrogen (secondary N) is 1. The van der Waals surface area contributed by atoms with Crippen LogP contribution in [0.1, 0.15) is 22.7 Å². The number of hydrogen-bond acceptors (Lipinski definition) is 2. The van der Waals surface area contributed by atoms with Gasteiger partial charge in [0.25, 0.3) is 0 Å². The summed E-state index contributed by atoms with van der Waals surface area (Å²) >= 11 is 6.22. The Labute approximate surface area is 124 Å². The van der Waals surface area contributed by atoms with Gasteiger partial charge in [0.05, 0.1) is 12.1 Å². The van der Waals surface area contributed by atoms with Crippen LogP contribution < -0.4 is 10.1 Å². The first-order valence-electron chi connectivity index (χ1n) is 6.91. The highest BCUT2D eigenvalue weighted by Gasteiger charge is 2.21. The van der Waals surface area contributed by atoms with Crippen molar-refractivity contribution in [3.05, 3.63) is 64.2 Å². The SMILES string of the molecule is COc1cc2c(cc1Cl)CCN[C@H]2Cc1ccccc1. The summed E-state index contributed by atoms with van der Waals surface area (Å²) in [5, 5.41) is 4.30. The van der Waals surface area contributed by atoms with Gasteiger partial charge in [0, 0.05) is 6.04 Å². The largest absolute Gasteiger partial charge is 0.495 e. The third-order valence-electron chi connectivity index (χ3n) is 3.86. The summed E-state index contributed by atoms with van der Waals surface area (Å²) < 4.78 is 5.35. The molecule has 0 unspecified atom stereocenters. The highest BCUT2D eigenvalue weighted by atomic mass is 35.5. The summed E-state index contributed by atoms with van der Waals surface area (Å²) in [4.78, 5) is 0. The van der Waals surface area contributed by atoms with Gasteiger partial charge in [0.1, 0.15) is 5.75 Å². The molecule has 0 fully saturated rings. The second-order valence-electron chi connectivity index (χ2n) is 5.13. The van der Waals surface area contributed by atoms with Gasteiger partial charge in [-0.1, -0.05) is 41.9 Å². The third-order valence-corrected chi connectivity index (χ3v) is 4.15. The van der Waals surface area contributed by atoms with Crippen LogP contribution in [0.25, 0.3) is 0 Å². The van der Waals surface area contributed by atoms with Crippen molar-refractivity contribution in [2.75, 3.05) is 13.7 Å². The fourth-order valence-electron chi connectivity index (χ4n) is 2.83. The van der Waals surface area contributed by atoms with E-state index in [0.29, 0.717) is 11.1 Å². The third kappa shape index (κ3) is 2.67. The number of benzene rings is 2. The minimum absolute atomic E-state index is 0.326. The summed E-state index contributed by atoms with van der Waals surface area (Å²) in [5.74, 6) is 0.757. The predicted octanol–water partition coefficient (Wildman–Crippen LogP) is 3.78. The lowest BCUT2D eigenvalue weighted by Gasteiger charge is -2.28. The van der Waals surface area contributed by atoms with Crippen LogP contribution in [-0.2, 0) is 12.8 Å². The molecule has 0 radical (unpaired) electrons.